The number of aromatic nitrogens is 3. The van der Waals surface area contributed by atoms with Crippen LogP contribution in [0, 0.1) is 11.8 Å². The molecule has 1 aliphatic rings. The number of nitrogen functional groups attached to an aromatic ring is 1. The SMILES string of the molecule is CC1CC1C(=O)OCc1nc(N)nc(Nc2ccccc2)n1. The summed E-state index contributed by atoms with van der Waals surface area (Å²) in [5.74, 6) is 0.952. The van der Waals surface area contributed by atoms with E-state index in [-0.39, 0.29) is 24.4 Å². The summed E-state index contributed by atoms with van der Waals surface area (Å²) in [6.45, 7) is 2.02. The van der Waals surface area contributed by atoms with E-state index in [2.05, 4.69) is 20.3 Å². The van der Waals surface area contributed by atoms with Crippen LogP contribution < -0.4 is 11.1 Å². The largest absolute Gasteiger partial charge is 0.457 e. The number of benzene rings is 1. The molecule has 0 saturated heterocycles. The molecule has 0 aliphatic heterocycles. The molecule has 114 valence electrons. The van der Waals surface area contributed by atoms with E-state index in [4.69, 9.17) is 10.5 Å². The summed E-state index contributed by atoms with van der Waals surface area (Å²) >= 11 is 0. The number of hydrogen-bond donors (Lipinski definition) is 2. The van der Waals surface area contributed by atoms with Crippen LogP contribution in [0.4, 0.5) is 17.6 Å². The molecule has 0 spiro atoms. The first kappa shape index (κ1) is 14.2. The average molecular weight is 299 g/mol. The molecule has 1 aromatic heterocycles. The second-order valence-corrected chi connectivity index (χ2v) is 5.35. The number of carbonyl (C=O) groups excluding carboxylic acids is 1. The van der Waals surface area contributed by atoms with Crippen molar-refractivity contribution < 1.29 is 9.53 Å². The van der Waals surface area contributed by atoms with E-state index >= 15 is 0 Å². The number of anilines is 3. The minimum atomic E-state index is -0.205. The van der Waals surface area contributed by atoms with E-state index in [0.29, 0.717) is 17.7 Å². The zero-order chi connectivity index (χ0) is 15.5. The van der Waals surface area contributed by atoms with Crippen LogP contribution in [0.2, 0.25) is 0 Å². The molecule has 3 N–H and O–H groups in total. The zero-order valence-electron chi connectivity index (χ0n) is 12.2. The molecule has 3 rings (SSSR count). The minimum Gasteiger partial charge on any atom is -0.457 e. The molecule has 7 heteroatoms. The highest BCUT2D eigenvalue weighted by molar-refractivity contribution is 5.75. The van der Waals surface area contributed by atoms with Crippen molar-refractivity contribution in [1.82, 2.24) is 15.0 Å². The van der Waals surface area contributed by atoms with Crippen molar-refractivity contribution in [3.8, 4) is 0 Å². The second kappa shape index (κ2) is 5.97. The predicted octanol–water partition coefficient (Wildman–Crippen LogP) is 1.90. The Morgan fingerprint density at radius 1 is 1.32 bits per heavy atom. The molecule has 1 fully saturated rings. The molecule has 22 heavy (non-hydrogen) atoms. The number of esters is 1. The normalized spacial score (nSPS) is 19.5. The monoisotopic (exact) mass is 299 g/mol. The lowest BCUT2D eigenvalue weighted by atomic mass is 10.3. The van der Waals surface area contributed by atoms with Crippen LogP contribution in [-0.2, 0) is 16.1 Å². The Morgan fingerprint density at radius 2 is 2.05 bits per heavy atom. The fourth-order valence-electron chi connectivity index (χ4n) is 2.10. The molecule has 0 bridgehead atoms. The molecule has 1 saturated carbocycles. The molecule has 2 atom stereocenters. The lowest BCUT2D eigenvalue weighted by Crippen LogP contribution is -2.12. The van der Waals surface area contributed by atoms with Gasteiger partial charge in [-0.1, -0.05) is 25.1 Å². The summed E-state index contributed by atoms with van der Waals surface area (Å²) in [5, 5.41) is 3.03. The van der Waals surface area contributed by atoms with Gasteiger partial charge < -0.3 is 15.8 Å². The van der Waals surface area contributed by atoms with Crippen LogP contribution in [0.25, 0.3) is 0 Å². The molecule has 1 heterocycles. The number of nitrogens with two attached hydrogens (primary N) is 1. The van der Waals surface area contributed by atoms with Gasteiger partial charge in [0, 0.05) is 5.69 Å². The topological polar surface area (TPSA) is 103 Å². The van der Waals surface area contributed by atoms with Crippen molar-refractivity contribution in [2.45, 2.75) is 20.0 Å². The van der Waals surface area contributed by atoms with E-state index < -0.39 is 0 Å². The lowest BCUT2D eigenvalue weighted by Gasteiger charge is -2.07. The van der Waals surface area contributed by atoms with E-state index in [1.54, 1.807) is 0 Å². The summed E-state index contributed by atoms with van der Waals surface area (Å²) in [4.78, 5) is 23.9. The molecule has 2 unspecified atom stereocenters. The maximum absolute atomic E-state index is 11.7. The average Bonchev–Trinajstić information content (AvgIpc) is 3.22. The number of rotatable bonds is 5. The Hall–Kier alpha value is -2.70. The highest BCUT2D eigenvalue weighted by Gasteiger charge is 2.40. The van der Waals surface area contributed by atoms with Gasteiger partial charge in [0.15, 0.2) is 12.4 Å². The van der Waals surface area contributed by atoms with Gasteiger partial charge in [0.25, 0.3) is 0 Å². The summed E-state index contributed by atoms with van der Waals surface area (Å²) in [6, 6.07) is 9.47. The third kappa shape index (κ3) is 3.49. The van der Waals surface area contributed by atoms with Crippen LogP contribution in [0.1, 0.15) is 19.2 Å². The van der Waals surface area contributed by atoms with Crippen molar-refractivity contribution in [3.05, 3.63) is 36.2 Å². The van der Waals surface area contributed by atoms with Gasteiger partial charge in [-0.2, -0.15) is 15.0 Å². The van der Waals surface area contributed by atoms with E-state index in [0.717, 1.165) is 12.1 Å². The molecular formula is C15H17N5O2. The van der Waals surface area contributed by atoms with Crippen LogP contribution in [-0.4, -0.2) is 20.9 Å². The predicted molar refractivity (Wildman–Crippen MR) is 81.0 cm³/mol. The molecule has 2 aromatic rings. The number of ether oxygens (including phenoxy) is 1. The van der Waals surface area contributed by atoms with Crippen molar-refractivity contribution in [3.63, 3.8) is 0 Å². The molecule has 1 aliphatic carbocycles. The highest BCUT2D eigenvalue weighted by Crippen LogP contribution is 2.38. The first-order valence-electron chi connectivity index (χ1n) is 7.11. The van der Waals surface area contributed by atoms with Crippen molar-refractivity contribution >= 4 is 23.6 Å². The number of carbonyl (C=O) groups is 1. The standard InChI is InChI=1S/C15H17N5O2/c1-9-7-11(9)13(21)22-8-12-18-14(16)20-15(19-12)17-10-5-3-2-4-6-10/h2-6,9,11H,7-8H2,1H3,(H3,16,17,18,19,20). The quantitative estimate of drug-likeness (QED) is 0.812. The fraction of sp³-hybridized carbons (Fsp3) is 0.333. The third-order valence-corrected chi connectivity index (χ3v) is 3.48. The zero-order valence-corrected chi connectivity index (χ0v) is 12.2. The van der Waals surface area contributed by atoms with Crippen molar-refractivity contribution in [2.75, 3.05) is 11.1 Å². The van der Waals surface area contributed by atoms with E-state index in [9.17, 15) is 4.79 Å². The lowest BCUT2D eigenvalue weighted by molar-refractivity contribution is -0.147. The van der Waals surface area contributed by atoms with Gasteiger partial charge in [0.1, 0.15) is 0 Å². The third-order valence-electron chi connectivity index (χ3n) is 3.48. The van der Waals surface area contributed by atoms with Gasteiger partial charge in [0.2, 0.25) is 11.9 Å². The fourth-order valence-corrected chi connectivity index (χ4v) is 2.10. The maximum Gasteiger partial charge on any atom is 0.309 e. The molecule has 0 radical (unpaired) electrons. The van der Waals surface area contributed by atoms with Crippen LogP contribution in [0.15, 0.2) is 30.3 Å². The molecular weight excluding hydrogens is 282 g/mol. The van der Waals surface area contributed by atoms with Gasteiger partial charge in [-0.25, -0.2) is 0 Å². The Kier molecular flexibility index (Phi) is 3.86. The maximum atomic E-state index is 11.7. The van der Waals surface area contributed by atoms with Crippen molar-refractivity contribution in [2.24, 2.45) is 11.8 Å². The van der Waals surface area contributed by atoms with Gasteiger partial charge in [-0.05, 0) is 24.5 Å². The number of hydrogen-bond acceptors (Lipinski definition) is 7. The minimum absolute atomic E-state index is 0.00174. The molecule has 1 aromatic carbocycles. The molecule has 0 amide bonds. The summed E-state index contributed by atoms with van der Waals surface area (Å²) in [6.07, 6.45) is 0.888. The number of nitrogens with zero attached hydrogens (tertiary/aromatic N) is 3. The first-order valence-corrected chi connectivity index (χ1v) is 7.11. The molecule has 7 nitrogen and oxygen atoms in total. The Bertz CT molecular complexity index is 677. The Balaban J connectivity index is 1.66. The highest BCUT2D eigenvalue weighted by atomic mass is 16.5. The van der Waals surface area contributed by atoms with Gasteiger partial charge in [0.05, 0.1) is 5.92 Å². The second-order valence-electron chi connectivity index (χ2n) is 5.35. The summed E-state index contributed by atoms with van der Waals surface area (Å²) in [7, 11) is 0. The number of para-hydroxylation sites is 1. The Labute approximate surface area is 127 Å². The van der Waals surface area contributed by atoms with Gasteiger partial charge in [-0.3, -0.25) is 4.79 Å². The van der Waals surface area contributed by atoms with Crippen molar-refractivity contribution in [1.29, 1.82) is 0 Å². The van der Waals surface area contributed by atoms with Crippen LogP contribution in [0.5, 0.6) is 0 Å². The summed E-state index contributed by atoms with van der Waals surface area (Å²) in [5.41, 5.74) is 6.51. The Morgan fingerprint density at radius 3 is 2.73 bits per heavy atom. The van der Waals surface area contributed by atoms with E-state index in [1.807, 2.05) is 37.3 Å². The van der Waals surface area contributed by atoms with E-state index in [1.165, 1.54) is 0 Å². The summed E-state index contributed by atoms with van der Waals surface area (Å²) < 4.78 is 5.21. The number of nitrogens with one attached hydrogen (secondary N) is 1. The van der Waals surface area contributed by atoms with Crippen LogP contribution >= 0.6 is 0 Å². The first-order chi connectivity index (χ1) is 10.6. The van der Waals surface area contributed by atoms with Gasteiger partial charge in [-0.15, -0.1) is 0 Å². The van der Waals surface area contributed by atoms with Gasteiger partial charge >= 0.3 is 5.97 Å². The smallest absolute Gasteiger partial charge is 0.309 e. The van der Waals surface area contributed by atoms with Crippen LogP contribution in [0.3, 0.4) is 0 Å².